The number of nitrogens with zero attached hydrogens (tertiary/aromatic N) is 3. The van der Waals surface area contributed by atoms with E-state index in [0.29, 0.717) is 30.1 Å². The summed E-state index contributed by atoms with van der Waals surface area (Å²) in [4.78, 5) is 12.4. The van der Waals surface area contributed by atoms with Gasteiger partial charge in [-0.1, -0.05) is 12.1 Å². The van der Waals surface area contributed by atoms with E-state index in [9.17, 15) is 13.2 Å². The fourth-order valence-electron chi connectivity index (χ4n) is 4.80. The van der Waals surface area contributed by atoms with Crippen molar-refractivity contribution in [2.45, 2.75) is 50.9 Å². The number of methoxy groups -OCH3 is 1. The van der Waals surface area contributed by atoms with E-state index in [2.05, 4.69) is 31.7 Å². The van der Waals surface area contributed by atoms with Gasteiger partial charge in [0.2, 0.25) is 0 Å². The summed E-state index contributed by atoms with van der Waals surface area (Å²) >= 11 is 0. The van der Waals surface area contributed by atoms with Crippen molar-refractivity contribution in [3.05, 3.63) is 59.5 Å². The predicted octanol–water partition coefficient (Wildman–Crippen LogP) is 4.98. The number of benzene rings is 1. The van der Waals surface area contributed by atoms with Gasteiger partial charge in [-0.3, -0.25) is 0 Å². The van der Waals surface area contributed by atoms with Gasteiger partial charge in [0, 0.05) is 43.8 Å². The molecule has 8 nitrogen and oxygen atoms in total. The third-order valence-corrected chi connectivity index (χ3v) is 6.37. The molecule has 0 bridgehead atoms. The molecule has 1 aliphatic heterocycles. The average molecular weight is 516 g/mol. The minimum Gasteiger partial charge on any atom is -0.383 e. The molecule has 1 aliphatic carbocycles. The quantitative estimate of drug-likeness (QED) is 0.426. The first kappa shape index (κ1) is 25.4. The van der Waals surface area contributed by atoms with Crippen molar-refractivity contribution in [1.29, 1.82) is 0 Å². The van der Waals surface area contributed by atoms with Gasteiger partial charge in [0.05, 0.1) is 24.5 Å². The molecule has 37 heavy (non-hydrogen) atoms. The molecule has 1 aromatic carbocycles. The number of rotatable bonds is 7. The maximum Gasteiger partial charge on any atom is 0.433 e. The van der Waals surface area contributed by atoms with Crippen molar-refractivity contribution in [2.24, 2.45) is 0 Å². The lowest BCUT2D eigenvalue weighted by molar-refractivity contribution is -0.145. The van der Waals surface area contributed by atoms with Crippen LogP contribution >= 0.6 is 0 Å². The Morgan fingerprint density at radius 2 is 1.86 bits per heavy atom. The fourth-order valence-corrected chi connectivity index (χ4v) is 4.80. The standard InChI is InChI=1S/C26H28F3N5O3/c1-25(2)36-20-11-15-5-4-6-18(17(15)12-21(20)37-25)33-23-13-19(31-14-32-23)16-7-8-22(26(27,28)29)34-24(16)30-9-10-35-3/h4-8,13-14,20-21H,9-12H2,1-3H3,(H,30,34)(H,31,32,33)/t20-,21+/m0/s1. The minimum atomic E-state index is -4.57. The Labute approximate surface area is 212 Å². The zero-order chi connectivity index (χ0) is 26.2. The average Bonchev–Trinajstić information content (AvgIpc) is 3.15. The van der Waals surface area contributed by atoms with Gasteiger partial charge in [0.1, 0.15) is 23.7 Å². The molecule has 1 saturated heterocycles. The first-order valence-electron chi connectivity index (χ1n) is 12.0. The molecule has 2 aliphatic rings. The number of ether oxygens (including phenoxy) is 3. The molecule has 1 fully saturated rings. The predicted molar refractivity (Wildman–Crippen MR) is 132 cm³/mol. The van der Waals surface area contributed by atoms with Crippen molar-refractivity contribution in [2.75, 3.05) is 30.9 Å². The van der Waals surface area contributed by atoms with E-state index in [1.807, 2.05) is 26.0 Å². The number of fused-ring (bicyclic) bond motifs is 2. The van der Waals surface area contributed by atoms with Crippen LogP contribution in [0.2, 0.25) is 0 Å². The highest BCUT2D eigenvalue weighted by Crippen LogP contribution is 2.39. The van der Waals surface area contributed by atoms with Crippen molar-refractivity contribution in [1.82, 2.24) is 15.0 Å². The molecule has 3 heterocycles. The number of aromatic nitrogens is 3. The van der Waals surface area contributed by atoms with Gasteiger partial charge in [-0.25, -0.2) is 15.0 Å². The van der Waals surface area contributed by atoms with Crippen LogP contribution in [0.5, 0.6) is 0 Å². The van der Waals surface area contributed by atoms with E-state index in [4.69, 9.17) is 14.2 Å². The van der Waals surface area contributed by atoms with Gasteiger partial charge in [-0.05, 0) is 43.2 Å². The number of anilines is 3. The molecular formula is C26H28F3N5O3. The molecule has 2 atom stereocenters. The van der Waals surface area contributed by atoms with Crippen LogP contribution in [0.4, 0.5) is 30.5 Å². The van der Waals surface area contributed by atoms with E-state index in [1.54, 1.807) is 6.07 Å². The molecule has 3 aromatic rings. The monoisotopic (exact) mass is 515 g/mol. The molecule has 0 unspecified atom stereocenters. The van der Waals surface area contributed by atoms with Crippen LogP contribution in [0.3, 0.4) is 0 Å². The van der Waals surface area contributed by atoms with Crippen molar-refractivity contribution < 1.29 is 27.4 Å². The fraction of sp³-hybridized carbons (Fsp3) is 0.423. The highest BCUT2D eigenvalue weighted by atomic mass is 19.4. The Bertz CT molecular complexity index is 1280. The lowest BCUT2D eigenvalue weighted by Gasteiger charge is -2.27. The summed E-state index contributed by atoms with van der Waals surface area (Å²) in [7, 11) is 1.51. The second kappa shape index (κ2) is 9.88. The minimum absolute atomic E-state index is 0.0135. The molecular weight excluding hydrogens is 487 g/mol. The molecule has 2 N–H and O–H groups in total. The summed E-state index contributed by atoms with van der Waals surface area (Å²) in [5.41, 5.74) is 3.06. The first-order chi connectivity index (χ1) is 17.6. The van der Waals surface area contributed by atoms with E-state index < -0.39 is 17.7 Å². The van der Waals surface area contributed by atoms with Crippen LogP contribution in [-0.4, -0.2) is 53.2 Å². The molecule has 0 amide bonds. The summed E-state index contributed by atoms with van der Waals surface area (Å²) in [5, 5.41) is 6.28. The Morgan fingerprint density at radius 1 is 1.08 bits per heavy atom. The summed E-state index contributed by atoms with van der Waals surface area (Å²) in [6.45, 7) is 4.44. The summed E-state index contributed by atoms with van der Waals surface area (Å²) in [6.07, 6.45) is -1.77. The third-order valence-electron chi connectivity index (χ3n) is 6.37. The number of pyridine rings is 1. The Morgan fingerprint density at radius 3 is 2.62 bits per heavy atom. The first-order valence-corrected chi connectivity index (χ1v) is 12.0. The second-order valence-electron chi connectivity index (χ2n) is 9.49. The summed E-state index contributed by atoms with van der Waals surface area (Å²) in [6, 6.07) is 10.0. The lowest BCUT2D eigenvalue weighted by Crippen LogP contribution is -2.32. The molecule has 0 radical (unpaired) electrons. The molecule has 11 heteroatoms. The smallest absolute Gasteiger partial charge is 0.383 e. The largest absolute Gasteiger partial charge is 0.433 e. The van der Waals surface area contributed by atoms with Crippen LogP contribution in [0, 0.1) is 0 Å². The Hall–Kier alpha value is -3.28. The Balaban J connectivity index is 1.43. The number of hydrogen-bond donors (Lipinski definition) is 2. The number of hydrogen-bond acceptors (Lipinski definition) is 8. The highest BCUT2D eigenvalue weighted by molar-refractivity contribution is 5.75. The van der Waals surface area contributed by atoms with Crippen LogP contribution in [0.15, 0.2) is 42.7 Å². The van der Waals surface area contributed by atoms with E-state index in [-0.39, 0.29) is 24.6 Å². The van der Waals surface area contributed by atoms with Crippen molar-refractivity contribution in [3.8, 4) is 11.3 Å². The maximum absolute atomic E-state index is 13.3. The van der Waals surface area contributed by atoms with Crippen molar-refractivity contribution in [3.63, 3.8) is 0 Å². The molecule has 0 saturated carbocycles. The van der Waals surface area contributed by atoms with Crippen LogP contribution < -0.4 is 10.6 Å². The second-order valence-corrected chi connectivity index (χ2v) is 9.49. The van der Waals surface area contributed by atoms with Gasteiger partial charge in [-0.15, -0.1) is 0 Å². The van der Waals surface area contributed by atoms with Crippen molar-refractivity contribution >= 4 is 17.3 Å². The molecule has 2 aromatic heterocycles. The number of alkyl halides is 3. The maximum atomic E-state index is 13.3. The lowest BCUT2D eigenvalue weighted by atomic mass is 9.86. The summed E-state index contributed by atoms with van der Waals surface area (Å²) < 4.78 is 57.0. The molecule has 196 valence electrons. The van der Waals surface area contributed by atoms with E-state index in [1.165, 1.54) is 25.1 Å². The number of nitrogens with one attached hydrogen (secondary N) is 2. The van der Waals surface area contributed by atoms with Gasteiger partial charge >= 0.3 is 6.18 Å². The highest BCUT2D eigenvalue weighted by Gasteiger charge is 2.44. The topological polar surface area (TPSA) is 90.4 Å². The van der Waals surface area contributed by atoms with E-state index in [0.717, 1.165) is 23.7 Å². The SMILES string of the molecule is COCCNc1nc(C(F)(F)F)ccc1-c1cc(Nc2cccc3c2C[C@H]2OC(C)(C)O[C@H]2C3)ncn1. The van der Waals surface area contributed by atoms with Crippen LogP contribution in [0.1, 0.15) is 30.7 Å². The normalized spacial score (nSPS) is 20.3. The third kappa shape index (κ3) is 5.53. The van der Waals surface area contributed by atoms with Crippen LogP contribution in [0.25, 0.3) is 11.3 Å². The molecule has 5 rings (SSSR count). The van der Waals surface area contributed by atoms with Gasteiger partial charge in [0.25, 0.3) is 0 Å². The zero-order valence-corrected chi connectivity index (χ0v) is 20.7. The Kier molecular flexibility index (Phi) is 6.78. The zero-order valence-electron chi connectivity index (χ0n) is 20.7. The van der Waals surface area contributed by atoms with Gasteiger partial charge in [0.15, 0.2) is 5.79 Å². The van der Waals surface area contributed by atoms with E-state index >= 15 is 0 Å². The van der Waals surface area contributed by atoms with Gasteiger partial charge in [-0.2, -0.15) is 13.2 Å². The number of halogens is 3. The molecule has 0 spiro atoms. The van der Waals surface area contributed by atoms with Crippen LogP contribution in [-0.2, 0) is 33.2 Å². The summed E-state index contributed by atoms with van der Waals surface area (Å²) in [5.74, 6) is -0.0372. The van der Waals surface area contributed by atoms with Gasteiger partial charge < -0.3 is 24.8 Å².